The number of rotatable bonds is 3. The van der Waals surface area contributed by atoms with Gasteiger partial charge in [0.2, 0.25) is 0 Å². The van der Waals surface area contributed by atoms with Gasteiger partial charge in [0.1, 0.15) is 5.69 Å². The standard InChI is InChI=1S/C18H13ClN4/c19-15-4-6-16-14(10-15)3-5-17(22-16)18-21-8-9-23(18)12-13-2-1-7-20-11-13/h1-11H,12H2. The van der Waals surface area contributed by atoms with E-state index in [1.165, 1.54) is 0 Å². The van der Waals surface area contributed by atoms with Gasteiger partial charge in [0.25, 0.3) is 0 Å². The summed E-state index contributed by atoms with van der Waals surface area (Å²) in [6.07, 6.45) is 7.38. The monoisotopic (exact) mass is 320 g/mol. The fourth-order valence-corrected chi connectivity index (χ4v) is 2.76. The van der Waals surface area contributed by atoms with E-state index in [2.05, 4.69) is 14.5 Å². The summed E-state index contributed by atoms with van der Waals surface area (Å²) in [5.41, 5.74) is 2.87. The third kappa shape index (κ3) is 2.81. The van der Waals surface area contributed by atoms with E-state index >= 15 is 0 Å². The molecule has 0 aliphatic rings. The Morgan fingerprint density at radius 1 is 1.04 bits per heavy atom. The van der Waals surface area contributed by atoms with E-state index in [0.29, 0.717) is 11.6 Å². The molecule has 0 amide bonds. The first kappa shape index (κ1) is 13.9. The van der Waals surface area contributed by atoms with Crippen molar-refractivity contribution in [1.29, 1.82) is 0 Å². The Labute approximate surface area is 138 Å². The third-order valence-corrected chi connectivity index (χ3v) is 3.91. The van der Waals surface area contributed by atoms with Crippen LogP contribution in [-0.2, 0) is 6.54 Å². The Balaban J connectivity index is 1.74. The minimum Gasteiger partial charge on any atom is -0.325 e. The van der Waals surface area contributed by atoms with Crippen molar-refractivity contribution in [3.8, 4) is 11.5 Å². The second kappa shape index (κ2) is 5.82. The van der Waals surface area contributed by atoms with Gasteiger partial charge in [0.05, 0.1) is 12.1 Å². The predicted octanol–water partition coefficient (Wildman–Crippen LogP) is 4.20. The molecule has 112 valence electrons. The third-order valence-electron chi connectivity index (χ3n) is 3.67. The predicted molar refractivity (Wildman–Crippen MR) is 91.3 cm³/mol. The maximum atomic E-state index is 6.02. The van der Waals surface area contributed by atoms with Crippen molar-refractivity contribution in [2.24, 2.45) is 0 Å². The average molecular weight is 321 g/mol. The Morgan fingerprint density at radius 3 is 2.87 bits per heavy atom. The molecule has 0 N–H and O–H groups in total. The first-order valence-electron chi connectivity index (χ1n) is 7.26. The lowest BCUT2D eigenvalue weighted by molar-refractivity contribution is 0.800. The van der Waals surface area contributed by atoms with Gasteiger partial charge in [-0.15, -0.1) is 0 Å². The van der Waals surface area contributed by atoms with E-state index in [-0.39, 0.29) is 0 Å². The minimum absolute atomic E-state index is 0.712. The number of benzene rings is 1. The highest BCUT2D eigenvalue weighted by atomic mass is 35.5. The zero-order chi connectivity index (χ0) is 15.6. The fourth-order valence-electron chi connectivity index (χ4n) is 2.58. The molecule has 0 aliphatic heterocycles. The van der Waals surface area contributed by atoms with E-state index in [1.807, 2.05) is 54.9 Å². The lowest BCUT2D eigenvalue weighted by Crippen LogP contribution is -2.02. The van der Waals surface area contributed by atoms with Crippen LogP contribution >= 0.6 is 11.6 Å². The van der Waals surface area contributed by atoms with E-state index in [1.54, 1.807) is 12.4 Å². The van der Waals surface area contributed by atoms with Gasteiger partial charge >= 0.3 is 0 Å². The quantitative estimate of drug-likeness (QED) is 0.568. The molecule has 0 bridgehead atoms. The normalized spacial score (nSPS) is 11.0. The van der Waals surface area contributed by atoms with Crippen LogP contribution in [0.2, 0.25) is 5.02 Å². The van der Waals surface area contributed by atoms with Crippen molar-refractivity contribution in [3.05, 3.63) is 77.8 Å². The van der Waals surface area contributed by atoms with Gasteiger partial charge in [0, 0.05) is 35.2 Å². The van der Waals surface area contributed by atoms with Gasteiger partial charge < -0.3 is 4.57 Å². The summed E-state index contributed by atoms with van der Waals surface area (Å²) in [7, 11) is 0. The number of pyridine rings is 2. The summed E-state index contributed by atoms with van der Waals surface area (Å²) in [5, 5.41) is 1.73. The summed E-state index contributed by atoms with van der Waals surface area (Å²) in [6.45, 7) is 0.712. The number of fused-ring (bicyclic) bond motifs is 1. The topological polar surface area (TPSA) is 43.6 Å². The van der Waals surface area contributed by atoms with Crippen molar-refractivity contribution in [2.75, 3.05) is 0 Å². The smallest absolute Gasteiger partial charge is 0.158 e. The summed E-state index contributed by atoms with van der Waals surface area (Å²) < 4.78 is 2.07. The zero-order valence-electron chi connectivity index (χ0n) is 12.2. The van der Waals surface area contributed by atoms with E-state index in [0.717, 1.165) is 28.0 Å². The molecule has 0 spiro atoms. The molecule has 0 radical (unpaired) electrons. The van der Waals surface area contributed by atoms with Crippen LogP contribution in [0.1, 0.15) is 5.56 Å². The largest absolute Gasteiger partial charge is 0.325 e. The van der Waals surface area contributed by atoms with Crippen LogP contribution < -0.4 is 0 Å². The number of hydrogen-bond acceptors (Lipinski definition) is 3. The summed E-state index contributed by atoms with van der Waals surface area (Å²) in [6, 6.07) is 13.7. The second-order valence-electron chi connectivity index (χ2n) is 5.27. The van der Waals surface area contributed by atoms with E-state index < -0.39 is 0 Å². The van der Waals surface area contributed by atoms with Gasteiger partial charge in [-0.2, -0.15) is 0 Å². The highest BCUT2D eigenvalue weighted by Crippen LogP contribution is 2.22. The molecular weight excluding hydrogens is 308 g/mol. The van der Waals surface area contributed by atoms with Crippen molar-refractivity contribution < 1.29 is 0 Å². The molecule has 0 aliphatic carbocycles. The van der Waals surface area contributed by atoms with Gasteiger partial charge in [-0.25, -0.2) is 9.97 Å². The molecule has 4 rings (SSSR count). The van der Waals surface area contributed by atoms with Crippen LogP contribution in [0.4, 0.5) is 0 Å². The molecule has 4 nitrogen and oxygen atoms in total. The lowest BCUT2D eigenvalue weighted by atomic mass is 10.2. The fraction of sp³-hybridized carbons (Fsp3) is 0.0556. The molecule has 23 heavy (non-hydrogen) atoms. The Kier molecular flexibility index (Phi) is 3.52. The van der Waals surface area contributed by atoms with Crippen LogP contribution in [0.5, 0.6) is 0 Å². The van der Waals surface area contributed by atoms with Crippen molar-refractivity contribution in [1.82, 2.24) is 19.5 Å². The van der Waals surface area contributed by atoms with Crippen LogP contribution in [0.25, 0.3) is 22.4 Å². The number of nitrogens with zero attached hydrogens (tertiary/aromatic N) is 4. The van der Waals surface area contributed by atoms with Crippen molar-refractivity contribution in [2.45, 2.75) is 6.54 Å². The van der Waals surface area contributed by atoms with Gasteiger partial charge in [-0.1, -0.05) is 23.7 Å². The van der Waals surface area contributed by atoms with Crippen molar-refractivity contribution >= 4 is 22.5 Å². The van der Waals surface area contributed by atoms with Gasteiger partial charge in [-0.3, -0.25) is 4.98 Å². The summed E-state index contributed by atoms with van der Waals surface area (Å²) in [4.78, 5) is 13.3. The molecule has 3 aromatic heterocycles. The molecule has 0 atom stereocenters. The maximum Gasteiger partial charge on any atom is 0.158 e. The molecule has 3 heterocycles. The second-order valence-corrected chi connectivity index (χ2v) is 5.71. The minimum atomic E-state index is 0.712. The van der Waals surface area contributed by atoms with Crippen LogP contribution in [-0.4, -0.2) is 19.5 Å². The van der Waals surface area contributed by atoms with E-state index in [9.17, 15) is 0 Å². The number of aromatic nitrogens is 4. The molecule has 0 fully saturated rings. The molecule has 1 aromatic carbocycles. The molecule has 5 heteroatoms. The Hall–Kier alpha value is -2.72. The first-order valence-corrected chi connectivity index (χ1v) is 7.64. The highest BCUT2D eigenvalue weighted by molar-refractivity contribution is 6.31. The zero-order valence-corrected chi connectivity index (χ0v) is 13.0. The van der Waals surface area contributed by atoms with Crippen molar-refractivity contribution in [3.63, 3.8) is 0 Å². The lowest BCUT2D eigenvalue weighted by Gasteiger charge is -2.08. The number of hydrogen-bond donors (Lipinski definition) is 0. The molecule has 0 unspecified atom stereocenters. The average Bonchev–Trinajstić information content (AvgIpc) is 3.03. The van der Waals surface area contributed by atoms with Crippen LogP contribution in [0.3, 0.4) is 0 Å². The SMILES string of the molecule is Clc1ccc2nc(-c3nccn3Cc3cccnc3)ccc2c1. The highest BCUT2D eigenvalue weighted by Gasteiger charge is 2.09. The molecule has 4 aromatic rings. The molecular formula is C18H13ClN4. The Morgan fingerprint density at radius 2 is 2.00 bits per heavy atom. The van der Waals surface area contributed by atoms with Crippen LogP contribution in [0, 0.1) is 0 Å². The molecule has 0 saturated carbocycles. The number of halogens is 1. The summed E-state index contributed by atoms with van der Waals surface area (Å²) >= 11 is 6.02. The van der Waals surface area contributed by atoms with Gasteiger partial charge in [0.15, 0.2) is 5.82 Å². The first-order chi connectivity index (χ1) is 11.3. The summed E-state index contributed by atoms with van der Waals surface area (Å²) in [5.74, 6) is 0.839. The Bertz CT molecular complexity index is 963. The van der Waals surface area contributed by atoms with Crippen LogP contribution in [0.15, 0.2) is 67.3 Å². The van der Waals surface area contributed by atoms with E-state index in [4.69, 9.17) is 16.6 Å². The van der Waals surface area contributed by atoms with Gasteiger partial charge in [-0.05, 0) is 35.9 Å². The number of imidazole rings is 1. The molecule has 0 saturated heterocycles. The maximum absolute atomic E-state index is 6.02.